The van der Waals surface area contributed by atoms with Crippen LogP contribution in [0.15, 0.2) is 24.5 Å². The Balaban J connectivity index is 0.00000242. The molecule has 1 aromatic carbocycles. The molecule has 3 N–H and O–H groups in total. The Morgan fingerprint density at radius 2 is 2.04 bits per heavy atom. The van der Waals surface area contributed by atoms with Gasteiger partial charge in [0.05, 0.1) is 0 Å². The van der Waals surface area contributed by atoms with Crippen LogP contribution in [0.2, 0.25) is 0 Å². The van der Waals surface area contributed by atoms with Crippen molar-refractivity contribution >= 4 is 36.4 Å². The van der Waals surface area contributed by atoms with Gasteiger partial charge in [0.15, 0.2) is 0 Å². The molecule has 128 valence electrons. The first-order valence-corrected chi connectivity index (χ1v) is 7.01. The molecule has 0 bridgehead atoms. The summed E-state index contributed by atoms with van der Waals surface area (Å²) in [6.45, 7) is 7.19. The van der Waals surface area contributed by atoms with E-state index in [4.69, 9.17) is 5.73 Å². The van der Waals surface area contributed by atoms with Crippen LogP contribution in [0.25, 0.3) is 0 Å². The van der Waals surface area contributed by atoms with Crippen LogP contribution in [0, 0.1) is 6.92 Å². The number of benzene rings is 1. The number of rotatable bonds is 5. The molecule has 2 rings (SSSR count). The number of aromatic nitrogens is 3. The van der Waals surface area contributed by atoms with Crippen LogP contribution in [-0.4, -0.2) is 27.2 Å². The normalized spacial score (nSPS) is 9.91. The molecule has 6 nitrogen and oxygen atoms in total. The van der Waals surface area contributed by atoms with Crippen molar-refractivity contribution in [3.8, 4) is 0 Å². The third kappa shape index (κ3) is 5.41. The zero-order valence-electron chi connectivity index (χ0n) is 13.4. The minimum absolute atomic E-state index is 0. The Morgan fingerprint density at radius 1 is 1.35 bits per heavy atom. The molecular formula is C15H23Cl2N5O. The molecule has 8 heteroatoms. The molecule has 0 fully saturated rings. The SMILES string of the molecule is Cc1ccc(N)cc1C(=O)NCCn1cnnc1C(C)C.Cl.Cl. The minimum atomic E-state index is -0.112. The van der Waals surface area contributed by atoms with Gasteiger partial charge >= 0.3 is 0 Å². The number of hydrogen-bond acceptors (Lipinski definition) is 4. The van der Waals surface area contributed by atoms with E-state index in [0.717, 1.165) is 11.4 Å². The maximum absolute atomic E-state index is 12.2. The fraction of sp³-hybridized carbons (Fsp3) is 0.400. The highest BCUT2D eigenvalue weighted by atomic mass is 35.5. The zero-order valence-corrected chi connectivity index (χ0v) is 15.1. The highest BCUT2D eigenvalue weighted by Gasteiger charge is 2.11. The third-order valence-electron chi connectivity index (χ3n) is 3.31. The number of carbonyl (C=O) groups is 1. The smallest absolute Gasteiger partial charge is 0.251 e. The summed E-state index contributed by atoms with van der Waals surface area (Å²) < 4.78 is 1.96. The Kier molecular flexibility index (Phi) is 8.64. The molecule has 23 heavy (non-hydrogen) atoms. The van der Waals surface area contributed by atoms with Gasteiger partial charge in [0, 0.05) is 30.3 Å². The maximum atomic E-state index is 12.2. The van der Waals surface area contributed by atoms with Crippen LogP contribution in [0.5, 0.6) is 0 Å². The predicted molar refractivity (Wildman–Crippen MR) is 96.5 cm³/mol. The quantitative estimate of drug-likeness (QED) is 0.803. The first-order valence-electron chi connectivity index (χ1n) is 7.01. The van der Waals surface area contributed by atoms with Crippen LogP contribution in [0.1, 0.15) is 41.5 Å². The van der Waals surface area contributed by atoms with E-state index < -0.39 is 0 Å². The molecule has 1 amide bonds. The molecule has 0 aliphatic heterocycles. The molecule has 0 aliphatic rings. The van der Waals surface area contributed by atoms with E-state index in [0.29, 0.717) is 30.3 Å². The number of hydrogen-bond donors (Lipinski definition) is 2. The van der Waals surface area contributed by atoms with E-state index in [1.165, 1.54) is 0 Å². The lowest BCUT2D eigenvalue weighted by Crippen LogP contribution is -2.28. The fourth-order valence-electron chi connectivity index (χ4n) is 2.15. The molecular weight excluding hydrogens is 337 g/mol. The van der Waals surface area contributed by atoms with Crippen molar-refractivity contribution in [2.45, 2.75) is 33.2 Å². The standard InChI is InChI=1S/C15H21N5O.2ClH/c1-10(2)14-19-18-9-20(14)7-6-17-15(21)13-8-12(16)5-4-11(13)3;;/h4-5,8-10H,6-7,16H2,1-3H3,(H,17,21);2*1H. The Morgan fingerprint density at radius 3 is 2.70 bits per heavy atom. The highest BCUT2D eigenvalue weighted by Crippen LogP contribution is 2.12. The van der Waals surface area contributed by atoms with Crippen molar-refractivity contribution in [2.75, 3.05) is 12.3 Å². The van der Waals surface area contributed by atoms with Gasteiger partial charge < -0.3 is 15.6 Å². The van der Waals surface area contributed by atoms with Gasteiger partial charge in [0.25, 0.3) is 5.91 Å². The van der Waals surface area contributed by atoms with Crippen molar-refractivity contribution in [3.63, 3.8) is 0 Å². The van der Waals surface area contributed by atoms with Gasteiger partial charge in [0.2, 0.25) is 0 Å². The molecule has 0 atom stereocenters. The van der Waals surface area contributed by atoms with Crippen molar-refractivity contribution < 1.29 is 4.79 Å². The lowest BCUT2D eigenvalue weighted by molar-refractivity contribution is 0.0951. The second-order valence-corrected chi connectivity index (χ2v) is 5.37. The Labute approximate surface area is 148 Å². The molecule has 0 saturated heterocycles. The van der Waals surface area contributed by atoms with Crippen LogP contribution in [-0.2, 0) is 6.54 Å². The average Bonchev–Trinajstić information content (AvgIpc) is 2.90. The molecule has 0 aliphatic carbocycles. The number of halogens is 2. The second kappa shape index (κ2) is 9.37. The second-order valence-electron chi connectivity index (χ2n) is 5.37. The summed E-state index contributed by atoms with van der Waals surface area (Å²) in [4.78, 5) is 12.2. The molecule has 0 saturated carbocycles. The van der Waals surface area contributed by atoms with Crippen molar-refractivity contribution in [2.24, 2.45) is 0 Å². The van der Waals surface area contributed by atoms with Gasteiger partial charge in [-0.05, 0) is 24.6 Å². The first kappa shape index (κ1) is 21.2. The maximum Gasteiger partial charge on any atom is 0.251 e. The van der Waals surface area contributed by atoms with Crippen LogP contribution < -0.4 is 11.1 Å². The van der Waals surface area contributed by atoms with Gasteiger partial charge in [-0.3, -0.25) is 4.79 Å². The lowest BCUT2D eigenvalue weighted by atomic mass is 10.1. The van der Waals surface area contributed by atoms with Crippen molar-refractivity contribution in [1.82, 2.24) is 20.1 Å². The summed E-state index contributed by atoms with van der Waals surface area (Å²) in [5, 5.41) is 10.9. The predicted octanol–water partition coefficient (Wildman–Crippen LogP) is 2.57. The van der Waals surface area contributed by atoms with E-state index in [1.807, 2.05) is 17.6 Å². The lowest BCUT2D eigenvalue weighted by Gasteiger charge is -2.11. The summed E-state index contributed by atoms with van der Waals surface area (Å²) in [5.74, 6) is 1.11. The zero-order chi connectivity index (χ0) is 15.4. The van der Waals surface area contributed by atoms with E-state index in [1.54, 1.807) is 18.5 Å². The number of nitrogens with one attached hydrogen (secondary N) is 1. The number of nitrogen functional groups attached to an aromatic ring is 1. The van der Waals surface area contributed by atoms with Crippen LogP contribution in [0.3, 0.4) is 0 Å². The third-order valence-corrected chi connectivity index (χ3v) is 3.31. The monoisotopic (exact) mass is 359 g/mol. The van der Waals surface area contributed by atoms with E-state index in [2.05, 4.69) is 29.4 Å². The molecule has 0 spiro atoms. The summed E-state index contributed by atoms with van der Waals surface area (Å²) in [6.07, 6.45) is 1.69. The molecule has 1 aromatic heterocycles. The van der Waals surface area contributed by atoms with Crippen LogP contribution in [0.4, 0.5) is 5.69 Å². The van der Waals surface area contributed by atoms with Gasteiger partial charge in [-0.2, -0.15) is 0 Å². The molecule has 0 unspecified atom stereocenters. The number of anilines is 1. The van der Waals surface area contributed by atoms with Gasteiger partial charge in [-0.1, -0.05) is 19.9 Å². The summed E-state index contributed by atoms with van der Waals surface area (Å²) in [5.41, 5.74) is 7.84. The van der Waals surface area contributed by atoms with Crippen molar-refractivity contribution in [1.29, 1.82) is 0 Å². The van der Waals surface area contributed by atoms with Gasteiger partial charge in [-0.25, -0.2) is 0 Å². The van der Waals surface area contributed by atoms with Gasteiger partial charge in [-0.15, -0.1) is 35.0 Å². The Bertz CT molecular complexity index is 643. The average molecular weight is 360 g/mol. The summed E-state index contributed by atoms with van der Waals surface area (Å²) in [7, 11) is 0. The first-order chi connectivity index (χ1) is 9.99. The molecule has 1 heterocycles. The van der Waals surface area contributed by atoms with E-state index in [9.17, 15) is 4.79 Å². The number of aryl methyl sites for hydroxylation is 1. The number of nitrogens with two attached hydrogens (primary N) is 1. The van der Waals surface area contributed by atoms with Crippen molar-refractivity contribution in [3.05, 3.63) is 41.5 Å². The summed E-state index contributed by atoms with van der Waals surface area (Å²) in [6, 6.07) is 5.34. The van der Waals surface area contributed by atoms with E-state index >= 15 is 0 Å². The highest BCUT2D eigenvalue weighted by molar-refractivity contribution is 5.96. The fourth-order valence-corrected chi connectivity index (χ4v) is 2.15. The molecule has 0 radical (unpaired) electrons. The number of amides is 1. The number of carbonyl (C=O) groups excluding carboxylic acids is 1. The summed E-state index contributed by atoms with van der Waals surface area (Å²) >= 11 is 0. The topological polar surface area (TPSA) is 85.8 Å². The minimum Gasteiger partial charge on any atom is -0.399 e. The van der Waals surface area contributed by atoms with Crippen LogP contribution >= 0.6 is 24.8 Å². The number of nitrogens with zero attached hydrogens (tertiary/aromatic N) is 3. The largest absolute Gasteiger partial charge is 0.399 e. The van der Waals surface area contributed by atoms with E-state index in [-0.39, 0.29) is 30.7 Å². The molecule has 2 aromatic rings. The van der Waals surface area contributed by atoms with Gasteiger partial charge in [0.1, 0.15) is 12.2 Å². The Hall–Kier alpha value is -1.79.